The molecular weight excluding hydrogens is 252 g/mol. The second kappa shape index (κ2) is 8.40. The molecular formula is C16H30N2O2. The Bertz CT molecular complexity index is 326. The summed E-state index contributed by atoms with van der Waals surface area (Å²) in [6, 6.07) is -0.321. The molecule has 2 amide bonds. The Hall–Kier alpha value is -0.900. The van der Waals surface area contributed by atoms with Gasteiger partial charge in [0, 0.05) is 6.04 Å². The minimum Gasteiger partial charge on any atom is -0.305 e. The summed E-state index contributed by atoms with van der Waals surface area (Å²) < 4.78 is 0. The molecule has 1 unspecified atom stereocenters. The van der Waals surface area contributed by atoms with Crippen LogP contribution < -0.4 is 5.32 Å². The molecule has 0 aromatic heterocycles. The van der Waals surface area contributed by atoms with Gasteiger partial charge in [-0.3, -0.25) is 14.5 Å². The lowest BCUT2D eigenvalue weighted by atomic mass is 10.0. The molecule has 1 N–H and O–H groups in total. The minimum atomic E-state index is -0.291. The topological polar surface area (TPSA) is 49.4 Å². The van der Waals surface area contributed by atoms with Crippen molar-refractivity contribution in [3.8, 4) is 0 Å². The van der Waals surface area contributed by atoms with Crippen LogP contribution in [-0.2, 0) is 9.59 Å². The summed E-state index contributed by atoms with van der Waals surface area (Å²) in [7, 11) is 0. The number of carbonyl (C=O) groups excluding carboxylic acids is 2. The van der Waals surface area contributed by atoms with Crippen molar-refractivity contribution in [2.24, 2.45) is 5.92 Å². The van der Waals surface area contributed by atoms with E-state index in [2.05, 4.69) is 19.2 Å². The fourth-order valence-electron chi connectivity index (χ4n) is 2.66. The Kier molecular flexibility index (Phi) is 7.20. The molecule has 1 aliphatic heterocycles. The van der Waals surface area contributed by atoms with E-state index in [9.17, 15) is 9.59 Å². The Morgan fingerprint density at radius 1 is 1.10 bits per heavy atom. The predicted octanol–water partition coefficient (Wildman–Crippen LogP) is 2.72. The standard InChI is InChI=1S/C16H30N2O2/c1-12(2)9-7-5-6-8-10-17-14-11-15(19)18(13(3)4)16(14)20/h12-14,17H,5-11H2,1-4H3. The molecule has 0 aliphatic carbocycles. The average molecular weight is 282 g/mol. The van der Waals surface area contributed by atoms with Gasteiger partial charge in [0.05, 0.1) is 12.5 Å². The highest BCUT2D eigenvalue weighted by Gasteiger charge is 2.39. The molecule has 0 aromatic carbocycles. The molecule has 1 saturated heterocycles. The third kappa shape index (κ3) is 5.23. The van der Waals surface area contributed by atoms with Crippen molar-refractivity contribution in [1.29, 1.82) is 0 Å². The van der Waals surface area contributed by atoms with Gasteiger partial charge in [-0.15, -0.1) is 0 Å². The van der Waals surface area contributed by atoms with Crippen LogP contribution in [0.25, 0.3) is 0 Å². The molecule has 4 nitrogen and oxygen atoms in total. The van der Waals surface area contributed by atoms with Gasteiger partial charge in [0.25, 0.3) is 0 Å². The van der Waals surface area contributed by atoms with E-state index in [1.807, 2.05) is 13.8 Å². The number of nitrogens with zero attached hydrogens (tertiary/aromatic N) is 1. The smallest absolute Gasteiger partial charge is 0.247 e. The molecule has 4 heteroatoms. The quantitative estimate of drug-likeness (QED) is 0.522. The molecule has 116 valence electrons. The van der Waals surface area contributed by atoms with Crippen LogP contribution in [0.1, 0.15) is 66.2 Å². The van der Waals surface area contributed by atoms with Crippen molar-refractivity contribution in [2.45, 2.75) is 78.3 Å². The maximum Gasteiger partial charge on any atom is 0.247 e. The lowest BCUT2D eigenvalue weighted by Gasteiger charge is -2.19. The number of imide groups is 1. The van der Waals surface area contributed by atoms with Gasteiger partial charge in [-0.25, -0.2) is 0 Å². The highest BCUT2D eigenvalue weighted by atomic mass is 16.2. The fourth-order valence-corrected chi connectivity index (χ4v) is 2.66. The zero-order chi connectivity index (χ0) is 15.1. The molecule has 1 aliphatic rings. The number of rotatable bonds is 9. The van der Waals surface area contributed by atoms with Crippen LogP contribution >= 0.6 is 0 Å². The van der Waals surface area contributed by atoms with Gasteiger partial charge < -0.3 is 5.32 Å². The number of unbranched alkanes of at least 4 members (excludes halogenated alkanes) is 3. The van der Waals surface area contributed by atoms with Gasteiger partial charge in [-0.1, -0.05) is 39.5 Å². The maximum atomic E-state index is 12.0. The van der Waals surface area contributed by atoms with Crippen molar-refractivity contribution in [2.75, 3.05) is 6.54 Å². The van der Waals surface area contributed by atoms with E-state index in [1.54, 1.807) is 0 Å². The van der Waals surface area contributed by atoms with Crippen LogP contribution in [0.3, 0.4) is 0 Å². The fraction of sp³-hybridized carbons (Fsp3) is 0.875. The van der Waals surface area contributed by atoms with E-state index in [0.717, 1.165) is 18.9 Å². The summed E-state index contributed by atoms with van der Waals surface area (Å²) in [5.74, 6) is 0.696. The summed E-state index contributed by atoms with van der Waals surface area (Å²) in [4.78, 5) is 25.2. The number of hydrogen-bond acceptors (Lipinski definition) is 3. The van der Waals surface area contributed by atoms with Crippen LogP contribution in [0.5, 0.6) is 0 Å². The van der Waals surface area contributed by atoms with Crippen LogP contribution in [0.4, 0.5) is 0 Å². The Balaban J connectivity index is 2.14. The Morgan fingerprint density at radius 3 is 2.30 bits per heavy atom. The first-order chi connectivity index (χ1) is 9.43. The van der Waals surface area contributed by atoms with Gasteiger partial charge in [0.1, 0.15) is 0 Å². The average Bonchev–Trinajstić information content (AvgIpc) is 2.62. The van der Waals surface area contributed by atoms with Crippen LogP contribution in [0.15, 0.2) is 0 Å². The summed E-state index contributed by atoms with van der Waals surface area (Å²) in [5.41, 5.74) is 0. The Labute approximate surface area is 123 Å². The van der Waals surface area contributed by atoms with Gasteiger partial charge in [0.2, 0.25) is 11.8 Å². The van der Waals surface area contributed by atoms with E-state index < -0.39 is 0 Å². The molecule has 0 spiro atoms. The lowest BCUT2D eigenvalue weighted by molar-refractivity contribution is -0.140. The number of likely N-dealkylation sites (tertiary alicyclic amines) is 1. The second-order valence-corrected chi connectivity index (χ2v) is 6.50. The van der Waals surface area contributed by atoms with Gasteiger partial charge in [0.15, 0.2) is 0 Å². The van der Waals surface area contributed by atoms with Crippen LogP contribution in [0, 0.1) is 5.92 Å². The first kappa shape index (κ1) is 17.2. The highest BCUT2D eigenvalue weighted by Crippen LogP contribution is 2.16. The van der Waals surface area contributed by atoms with Crippen molar-refractivity contribution in [3.63, 3.8) is 0 Å². The number of hydrogen-bond donors (Lipinski definition) is 1. The van der Waals surface area contributed by atoms with E-state index in [1.165, 1.54) is 30.6 Å². The lowest BCUT2D eigenvalue weighted by Crippen LogP contribution is -2.42. The van der Waals surface area contributed by atoms with Gasteiger partial charge in [-0.05, 0) is 32.7 Å². The summed E-state index contributed by atoms with van der Waals surface area (Å²) >= 11 is 0. The first-order valence-electron chi connectivity index (χ1n) is 8.02. The molecule has 0 radical (unpaired) electrons. The maximum absolute atomic E-state index is 12.0. The molecule has 1 atom stereocenters. The van der Waals surface area contributed by atoms with Crippen molar-refractivity contribution in [3.05, 3.63) is 0 Å². The number of carbonyl (C=O) groups is 2. The zero-order valence-electron chi connectivity index (χ0n) is 13.4. The first-order valence-corrected chi connectivity index (χ1v) is 8.02. The van der Waals surface area contributed by atoms with Crippen molar-refractivity contribution >= 4 is 11.8 Å². The molecule has 0 saturated carbocycles. The predicted molar refractivity (Wildman–Crippen MR) is 81.3 cm³/mol. The third-order valence-corrected chi connectivity index (χ3v) is 3.80. The van der Waals surface area contributed by atoms with Crippen LogP contribution in [-0.4, -0.2) is 35.3 Å². The Morgan fingerprint density at radius 2 is 1.75 bits per heavy atom. The summed E-state index contributed by atoms with van der Waals surface area (Å²) in [6.45, 7) is 9.10. The molecule has 1 fully saturated rings. The number of amides is 2. The van der Waals surface area contributed by atoms with Gasteiger partial charge >= 0.3 is 0 Å². The van der Waals surface area contributed by atoms with E-state index in [4.69, 9.17) is 0 Å². The van der Waals surface area contributed by atoms with E-state index in [-0.39, 0.29) is 23.9 Å². The van der Waals surface area contributed by atoms with Gasteiger partial charge in [-0.2, -0.15) is 0 Å². The highest BCUT2D eigenvalue weighted by molar-refractivity contribution is 6.05. The van der Waals surface area contributed by atoms with Crippen LogP contribution in [0.2, 0.25) is 0 Å². The molecule has 0 bridgehead atoms. The molecule has 1 rings (SSSR count). The molecule has 20 heavy (non-hydrogen) atoms. The number of nitrogens with one attached hydrogen (secondary N) is 1. The largest absolute Gasteiger partial charge is 0.305 e. The zero-order valence-corrected chi connectivity index (χ0v) is 13.4. The van der Waals surface area contributed by atoms with Crippen molar-refractivity contribution in [1.82, 2.24) is 10.2 Å². The second-order valence-electron chi connectivity index (χ2n) is 6.50. The summed E-state index contributed by atoms with van der Waals surface area (Å²) in [5, 5.41) is 3.23. The van der Waals surface area contributed by atoms with Crippen molar-refractivity contribution < 1.29 is 9.59 Å². The molecule has 0 aromatic rings. The monoisotopic (exact) mass is 282 g/mol. The normalized spacial score (nSPS) is 19.7. The van der Waals surface area contributed by atoms with E-state index >= 15 is 0 Å². The summed E-state index contributed by atoms with van der Waals surface area (Å²) in [6.07, 6.45) is 6.45. The third-order valence-electron chi connectivity index (χ3n) is 3.80. The van der Waals surface area contributed by atoms with E-state index in [0.29, 0.717) is 6.42 Å². The molecule has 1 heterocycles. The minimum absolute atomic E-state index is 0.0298. The SMILES string of the molecule is CC(C)CCCCCCNC1CC(=O)N(C(C)C)C1=O.